The highest BCUT2D eigenvalue weighted by Gasteiger charge is 2.14. The van der Waals surface area contributed by atoms with Gasteiger partial charge in [0.25, 0.3) is 0 Å². The third kappa shape index (κ3) is 6.31. The molecule has 0 radical (unpaired) electrons. The summed E-state index contributed by atoms with van der Waals surface area (Å²) in [5.74, 6) is 0. The van der Waals surface area contributed by atoms with Crippen LogP contribution in [0.5, 0.6) is 0 Å². The van der Waals surface area contributed by atoms with Crippen molar-refractivity contribution in [3.8, 4) is 0 Å². The van der Waals surface area contributed by atoms with Gasteiger partial charge in [0.15, 0.2) is 0 Å². The van der Waals surface area contributed by atoms with Gasteiger partial charge >= 0.3 is 6.09 Å². The zero-order chi connectivity index (χ0) is 12.9. The minimum absolute atomic E-state index is 0.257. The van der Waals surface area contributed by atoms with Crippen molar-refractivity contribution < 1.29 is 9.53 Å². The van der Waals surface area contributed by atoms with Gasteiger partial charge in [-0.05, 0) is 38.5 Å². The Kier molecular flexibility index (Phi) is 5.00. The van der Waals surface area contributed by atoms with Gasteiger partial charge in [0.1, 0.15) is 0 Å². The van der Waals surface area contributed by atoms with E-state index in [0.717, 1.165) is 16.5 Å². The molecule has 0 saturated carbocycles. The first-order chi connectivity index (χ1) is 7.87. The lowest BCUT2D eigenvalue weighted by atomic mass is 10.1. The van der Waals surface area contributed by atoms with E-state index < -0.39 is 0 Å². The summed E-state index contributed by atoms with van der Waals surface area (Å²) in [5.41, 5.74) is 0.885. The predicted molar refractivity (Wildman–Crippen MR) is 72.1 cm³/mol. The maximum absolute atomic E-state index is 11.4. The number of halogens is 1. The minimum Gasteiger partial charge on any atom is -0.449 e. The maximum atomic E-state index is 11.4. The fourth-order valence-corrected chi connectivity index (χ4v) is 1.74. The molecular formula is C13H18BrNO2. The lowest BCUT2D eigenvalue weighted by Crippen LogP contribution is -2.41. The molecule has 3 nitrogen and oxygen atoms in total. The Morgan fingerprint density at radius 1 is 1.41 bits per heavy atom. The van der Waals surface area contributed by atoms with Gasteiger partial charge in [0.05, 0.1) is 6.61 Å². The topological polar surface area (TPSA) is 38.3 Å². The van der Waals surface area contributed by atoms with Gasteiger partial charge in [-0.15, -0.1) is 0 Å². The molecule has 0 unspecified atom stereocenters. The van der Waals surface area contributed by atoms with Gasteiger partial charge < -0.3 is 10.1 Å². The number of carbonyl (C=O) groups is 1. The lowest BCUT2D eigenvalue weighted by molar-refractivity contribution is 0.139. The molecular weight excluding hydrogens is 282 g/mol. The number of nitrogens with one attached hydrogen (secondary N) is 1. The molecule has 0 spiro atoms. The van der Waals surface area contributed by atoms with E-state index in [-0.39, 0.29) is 11.6 Å². The third-order valence-corrected chi connectivity index (χ3v) is 2.48. The molecule has 0 fully saturated rings. The second-order valence-corrected chi connectivity index (χ2v) is 5.81. The highest BCUT2D eigenvalue weighted by Crippen LogP contribution is 2.12. The zero-order valence-corrected chi connectivity index (χ0v) is 12.0. The van der Waals surface area contributed by atoms with Crippen LogP contribution >= 0.6 is 15.9 Å². The molecule has 1 rings (SSSR count). The van der Waals surface area contributed by atoms with Gasteiger partial charge in [-0.25, -0.2) is 4.79 Å². The normalized spacial score (nSPS) is 11.1. The molecule has 0 atom stereocenters. The predicted octanol–water partition coefficient (Wildman–Crippen LogP) is 3.52. The van der Waals surface area contributed by atoms with Crippen LogP contribution in [-0.2, 0) is 11.2 Å². The molecule has 0 aromatic heterocycles. The van der Waals surface area contributed by atoms with Crippen LogP contribution in [0.4, 0.5) is 4.79 Å². The number of hydrogen-bond donors (Lipinski definition) is 1. The standard InChI is InChI=1S/C13H18BrNO2/c1-13(2,3)15-12(16)17-8-7-10-5-4-6-11(14)9-10/h4-6,9H,7-8H2,1-3H3,(H,15,16). The molecule has 17 heavy (non-hydrogen) atoms. The number of ether oxygens (including phenoxy) is 1. The van der Waals surface area contributed by atoms with Crippen molar-refractivity contribution in [3.05, 3.63) is 34.3 Å². The molecule has 0 heterocycles. The molecule has 0 aliphatic heterocycles. The SMILES string of the molecule is CC(C)(C)NC(=O)OCCc1cccc(Br)c1. The van der Waals surface area contributed by atoms with E-state index >= 15 is 0 Å². The molecule has 94 valence electrons. The maximum Gasteiger partial charge on any atom is 0.407 e. The Labute approximate surface area is 111 Å². The first-order valence-corrected chi connectivity index (χ1v) is 6.35. The van der Waals surface area contributed by atoms with Gasteiger partial charge in [-0.2, -0.15) is 0 Å². The van der Waals surface area contributed by atoms with Crippen LogP contribution in [0.3, 0.4) is 0 Å². The highest BCUT2D eigenvalue weighted by molar-refractivity contribution is 9.10. The first kappa shape index (κ1) is 14.0. The molecule has 0 aliphatic carbocycles. The van der Waals surface area contributed by atoms with Crippen molar-refractivity contribution in [2.75, 3.05) is 6.61 Å². The Bertz CT molecular complexity index is 385. The molecule has 1 aromatic rings. The summed E-state index contributed by atoms with van der Waals surface area (Å²) in [6, 6.07) is 7.96. The average molecular weight is 300 g/mol. The summed E-state index contributed by atoms with van der Waals surface area (Å²) in [7, 11) is 0. The molecule has 0 saturated heterocycles. The lowest BCUT2D eigenvalue weighted by Gasteiger charge is -2.19. The largest absolute Gasteiger partial charge is 0.449 e. The number of benzene rings is 1. The van der Waals surface area contributed by atoms with Gasteiger partial charge in [0.2, 0.25) is 0 Å². The summed E-state index contributed by atoms with van der Waals surface area (Å²) in [6.45, 7) is 6.14. The fraction of sp³-hybridized carbons (Fsp3) is 0.462. The summed E-state index contributed by atoms with van der Waals surface area (Å²) in [4.78, 5) is 11.4. The van der Waals surface area contributed by atoms with E-state index in [1.165, 1.54) is 0 Å². The highest BCUT2D eigenvalue weighted by atomic mass is 79.9. The molecule has 0 bridgehead atoms. The average Bonchev–Trinajstić information content (AvgIpc) is 2.14. The van der Waals surface area contributed by atoms with Gasteiger partial charge in [-0.1, -0.05) is 28.1 Å². The molecule has 1 aromatic carbocycles. The number of rotatable bonds is 3. The van der Waals surface area contributed by atoms with Crippen molar-refractivity contribution in [3.63, 3.8) is 0 Å². The molecule has 1 amide bonds. The van der Waals surface area contributed by atoms with E-state index in [2.05, 4.69) is 21.2 Å². The fourth-order valence-electron chi connectivity index (χ4n) is 1.30. The van der Waals surface area contributed by atoms with Crippen LogP contribution in [0.1, 0.15) is 26.3 Å². The molecule has 4 heteroatoms. The van der Waals surface area contributed by atoms with E-state index in [0.29, 0.717) is 6.61 Å². The van der Waals surface area contributed by atoms with Crippen LogP contribution in [0.25, 0.3) is 0 Å². The number of hydrogen-bond acceptors (Lipinski definition) is 2. The van der Waals surface area contributed by atoms with E-state index in [9.17, 15) is 4.79 Å². The monoisotopic (exact) mass is 299 g/mol. The van der Waals surface area contributed by atoms with Crippen LogP contribution in [0.15, 0.2) is 28.7 Å². The number of carbonyl (C=O) groups excluding carboxylic acids is 1. The van der Waals surface area contributed by atoms with Gasteiger partial charge in [-0.3, -0.25) is 0 Å². The van der Waals surface area contributed by atoms with Crippen molar-refractivity contribution in [2.45, 2.75) is 32.7 Å². The zero-order valence-electron chi connectivity index (χ0n) is 10.4. The summed E-state index contributed by atoms with van der Waals surface area (Å²) in [6.07, 6.45) is 0.351. The quantitative estimate of drug-likeness (QED) is 0.927. The van der Waals surface area contributed by atoms with Crippen molar-refractivity contribution in [1.29, 1.82) is 0 Å². The molecule has 1 N–H and O–H groups in total. The van der Waals surface area contributed by atoms with Crippen molar-refractivity contribution >= 4 is 22.0 Å². The third-order valence-electron chi connectivity index (χ3n) is 1.99. The Morgan fingerprint density at radius 3 is 2.71 bits per heavy atom. The van der Waals surface area contributed by atoms with E-state index in [1.54, 1.807) is 0 Å². The summed E-state index contributed by atoms with van der Waals surface area (Å²) in [5, 5.41) is 2.75. The minimum atomic E-state index is -0.368. The van der Waals surface area contributed by atoms with Crippen LogP contribution in [-0.4, -0.2) is 18.2 Å². The van der Waals surface area contributed by atoms with Crippen molar-refractivity contribution in [2.24, 2.45) is 0 Å². The smallest absolute Gasteiger partial charge is 0.407 e. The second kappa shape index (κ2) is 6.05. The van der Waals surface area contributed by atoms with Crippen LogP contribution < -0.4 is 5.32 Å². The van der Waals surface area contributed by atoms with Gasteiger partial charge in [0, 0.05) is 16.4 Å². The first-order valence-electron chi connectivity index (χ1n) is 5.56. The van der Waals surface area contributed by atoms with Crippen LogP contribution in [0.2, 0.25) is 0 Å². The van der Waals surface area contributed by atoms with E-state index in [4.69, 9.17) is 4.74 Å². The molecule has 0 aliphatic rings. The number of alkyl carbamates (subject to hydrolysis) is 1. The number of amides is 1. The summed E-state index contributed by atoms with van der Waals surface area (Å²) < 4.78 is 6.13. The van der Waals surface area contributed by atoms with Crippen LogP contribution in [0, 0.1) is 0 Å². The van der Waals surface area contributed by atoms with E-state index in [1.807, 2.05) is 45.0 Å². The van der Waals surface area contributed by atoms with Crippen molar-refractivity contribution in [1.82, 2.24) is 5.32 Å². The second-order valence-electron chi connectivity index (χ2n) is 4.89. The summed E-state index contributed by atoms with van der Waals surface area (Å²) >= 11 is 3.40. The Balaban J connectivity index is 2.31. The Hall–Kier alpha value is -1.03. The Morgan fingerprint density at radius 2 is 2.12 bits per heavy atom.